The normalized spacial score (nSPS) is 26.8. The van der Waals surface area contributed by atoms with E-state index < -0.39 is 35.6 Å². The third-order valence-corrected chi connectivity index (χ3v) is 15.3. The van der Waals surface area contributed by atoms with Crippen molar-refractivity contribution in [2.45, 2.75) is 156 Å². The molecule has 0 aromatic heterocycles. The number of piperidine rings is 2. The Balaban J connectivity index is 0.000000193. The number of likely N-dealkylation sites (tertiary alicyclic amines) is 2. The standard InChI is InChI=1S/C28H41BN4O6.C22H29BrN4O4/c1-16-14-32(25(35)37-26(3,4)5)11-10-18(16)19-12-21-22(36-15-23-30-31-24(34)17(2)33(21)23)13-20(19)29-38-27(6,7)28(8,9)39-29;1-12-10-26(21(29)31-22(3,4)5)7-6-14(12)15-8-17-18(9-16(15)23)30-11-19-24-25-20(28)13(2)27(17)19/h12-13,16-18H,10-11,14-15H2,1-9H3,(H,31,34);8-9,12-14H,6-7,10-11H2,1-5H3,(H,25,28)/t16-,17+,18+;12-,13+,14+/m00/s1. The molecule has 380 valence electrons. The molecule has 0 spiro atoms. The number of anilines is 2. The summed E-state index contributed by atoms with van der Waals surface area (Å²) in [6.45, 7) is 30.5. The van der Waals surface area contributed by atoms with Gasteiger partial charge in [-0.15, -0.1) is 0 Å². The van der Waals surface area contributed by atoms with E-state index in [9.17, 15) is 19.2 Å². The van der Waals surface area contributed by atoms with Gasteiger partial charge < -0.3 is 47.9 Å². The second kappa shape index (κ2) is 18.8. The molecule has 2 aromatic carbocycles. The second-order valence-electron chi connectivity index (χ2n) is 22.7. The highest BCUT2D eigenvalue weighted by Crippen LogP contribution is 2.46. The van der Waals surface area contributed by atoms with Gasteiger partial charge in [-0.05, 0) is 160 Å². The van der Waals surface area contributed by atoms with Crippen molar-refractivity contribution in [3.63, 3.8) is 0 Å². The summed E-state index contributed by atoms with van der Waals surface area (Å²) in [7, 11) is -0.577. The maximum atomic E-state index is 12.8. The Morgan fingerprint density at radius 3 is 1.53 bits per heavy atom. The minimum atomic E-state index is -0.577. The average molecular weight is 1030 g/mol. The van der Waals surface area contributed by atoms with Gasteiger partial charge in [-0.25, -0.2) is 20.4 Å². The molecule has 3 fully saturated rings. The second-order valence-corrected chi connectivity index (χ2v) is 23.5. The van der Waals surface area contributed by atoms with E-state index in [0.29, 0.717) is 50.2 Å². The number of halogens is 1. The molecule has 9 rings (SSSR count). The van der Waals surface area contributed by atoms with E-state index in [0.717, 1.165) is 51.0 Å². The van der Waals surface area contributed by atoms with Crippen LogP contribution in [0.15, 0.2) is 38.9 Å². The predicted octanol–water partition coefficient (Wildman–Crippen LogP) is 7.22. The van der Waals surface area contributed by atoms with Crippen molar-refractivity contribution < 1.29 is 47.4 Å². The number of benzene rings is 2. The first kappa shape index (κ1) is 51.3. The molecule has 7 heterocycles. The lowest BCUT2D eigenvalue weighted by molar-refractivity contribution is -0.123. The van der Waals surface area contributed by atoms with Crippen molar-refractivity contribution in [2.75, 3.05) is 49.2 Å². The summed E-state index contributed by atoms with van der Waals surface area (Å²) in [5.74, 6) is 3.23. The van der Waals surface area contributed by atoms with Crippen LogP contribution >= 0.6 is 15.9 Å². The summed E-state index contributed by atoms with van der Waals surface area (Å²) in [5.41, 5.74) is 7.90. The molecule has 0 radical (unpaired) electrons. The molecular formula is C50H70BBrN8O10. The molecule has 7 aliphatic rings. The first-order valence-corrected chi connectivity index (χ1v) is 25.3. The van der Waals surface area contributed by atoms with Gasteiger partial charge in [0.1, 0.15) is 48.0 Å². The number of ether oxygens (including phenoxy) is 4. The molecule has 0 unspecified atom stereocenters. The van der Waals surface area contributed by atoms with Gasteiger partial charge in [0.25, 0.3) is 11.8 Å². The van der Waals surface area contributed by atoms with Crippen LogP contribution in [-0.4, -0.2) is 126 Å². The maximum absolute atomic E-state index is 12.8. The summed E-state index contributed by atoms with van der Waals surface area (Å²) < 4.78 is 37.2. The Bertz CT molecular complexity index is 2470. The molecule has 20 heteroatoms. The zero-order chi connectivity index (χ0) is 51.0. The molecule has 4 amide bonds. The van der Waals surface area contributed by atoms with Crippen LogP contribution in [0, 0.1) is 11.8 Å². The van der Waals surface area contributed by atoms with Gasteiger partial charge in [-0.3, -0.25) is 9.59 Å². The van der Waals surface area contributed by atoms with E-state index in [1.54, 1.807) is 9.80 Å². The summed E-state index contributed by atoms with van der Waals surface area (Å²) in [6, 6.07) is 7.42. The van der Waals surface area contributed by atoms with Crippen molar-refractivity contribution in [3.05, 3.63) is 39.9 Å². The highest BCUT2D eigenvalue weighted by molar-refractivity contribution is 9.10. The Labute approximate surface area is 420 Å². The fourth-order valence-electron chi connectivity index (χ4n) is 10.1. The molecule has 3 saturated heterocycles. The maximum Gasteiger partial charge on any atom is 0.495 e. The highest BCUT2D eigenvalue weighted by Gasteiger charge is 2.53. The molecular weight excluding hydrogens is 963 g/mol. The van der Waals surface area contributed by atoms with Gasteiger partial charge in [0, 0.05) is 30.7 Å². The number of amides is 4. The van der Waals surface area contributed by atoms with Crippen LogP contribution < -0.4 is 35.6 Å². The van der Waals surface area contributed by atoms with Crippen molar-refractivity contribution >= 4 is 75.6 Å². The fraction of sp³-hybridized carbons (Fsp3) is 0.640. The Hall–Kier alpha value is -5.08. The van der Waals surface area contributed by atoms with Gasteiger partial charge in [0.05, 0.1) is 22.6 Å². The number of hydrogen-bond acceptors (Lipinski definition) is 14. The smallest absolute Gasteiger partial charge is 0.483 e. The highest BCUT2D eigenvalue weighted by atomic mass is 79.9. The topological polar surface area (TPSA) is 185 Å². The largest absolute Gasteiger partial charge is 0.495 e. The first-order valence-electron chi connectivity index (χ1n) is 24.5. The van der Waals surface area contributed by atoms with Crippen LogP contribution in [0.5, 0.6) is 11.5 Å². The molecule has 0 saturated carbocycles. The Kier molecular flexibility index (Phi) is 13.8. The first-order chi connectivity index (χ1) is 32.6. The molecule has 2 N–H and O–H groups in total. The molecule has 7 aliphatic heterocycles. The lowest BCUT2D eigenvalue weighted by Crippen LogP contribution is -2.55. The molecule has 6 atom stereocenters. The van der Waals surface area contributed by atoms with E-state index >= 15 is 0 Å². The molecule has 2 aromatic rings. The SMILES string of the molecule is C[C@@H]1C(=O)NN=C2COc3cc(B4OC(C)(C)C(C)(C)O4)c([C@@H]4CCN(C(=O)OC(C)(C)C)C[C@@H]4C)cc3N21.C[C@@H]1C(=O)NN=C2COc3cc(Br)c([C@@H]4CCN(C(=O)OC(C)(C)C)C[C@@H]4C)cc3N21. The van der Waals surface area contributed by atoms with Gasteiger partial charge in [0.2, 0.25) is 0 Å². The third kappa shape index (κ3) is 10.2. The number of nitrogens with zero attached hydrogens (tertiary/aromatic N) is 6. The zero-order valence-corrected chi connectivity index (χ0v) is 44.7. The van der Waals surface area contributed by atoms with Crippen LogP contribution in [0.3, 0.4) is 0 Å². The van der Waals surface area contributed by atoms with Gasteiger partial charge in [-0.1, -0.05) is 29.8 Å². The van der Waals surface area contributed by atoms with E-state index in [1.165, 1.54) is 0 Å². The van der Waals surface area contributed by atoms with Crippen LogP contribution in [0.1, 0.15) is 133 Å². The van der Waals surface area contributed by atoms with Crippen LogP contribution in [0.25, 0.3) is 0 Å². The van der Waals surface area contributed by atoms with E-state index in [4.69, 9.17) is 28.3 Å². The molecule has 18 nitrogen and oxygen atoms in total. The number of carbonyl (C=O) groups is 4. The Morgan fingerprint density at radius 1 is 0.686 bits per heavy atom. The zero-order valence-electron chi connectivity index (χ0n) is 43.2. The molecule has 0 bridgehead atoms. The number of hydrazone groups is 2. The summed E-state index contributed by atoms with van der Waals surface area (Å²) in [4.78, 5) is 57.6. The number of amidine groups is 2. The summed E-state index contributed by atoms with van der Waals surface area (Å²) in [6.07, 6.45) is 1.04. The van der Waals surface area contributed by atoms with Crippen molar-refractivity contribution in [2.24, 2.45) is 22.0 Å². The molecule has 70 heavy (non-hydrogen) atoms. The van der Waals surface area contributed by atoms with E-state index in [2.05, 4.69) is 63.0 Å². The van der Waals surface area contributed by atoms with Gasteiger partial charge >= 0.3 is 19.3 Å². The van der Waals surface area contributed by atoms with Gasteiger partial charge in [0.15, 0.2) is 11.7 Å². The summed E-state index contributed by atoms with van der Waals surface area (Å²) >= 11 is 3.72. The van der Waals surface area contributed by atoms with E-state index in [-0.39, 0.29) is 60.3 Å². The van der Waals surface area contributed by atoms with Gasteiger partial charge in [-0.2, -0.15) is 10.2 Å². The van der Waals surface area contributed by atoms with Crippen molar-refractivity contribution in [3.8, 4) is 11.5 Å². The van der Waals surface area contributed by atoms with E-state index in [1.807, 2.05) is 105 Å². The fourth-order valence-corrected chi connectivity index (χ4v) is 10.8. The molecule has 0 aliphatic carbocycles. The monoisotopic (exact) mass is 1030 g/mol. The van der Waals surface area contributed by atoms with Crippen LogP contribution in [0.2, 0.25) is 0 Å². The quantitative estimate of drug-likeness (QED) is 0.295. The third-order valence-electron chi connectivity index (χ3n) is 14.6. The number of hydrogen-bond donors (Lipinski definition) is 2. The van der Waals surface area contributed by atoms with Crippen LogP contribution in [-0.2, 0) is 28.4 Å². The predicted molar refractivity (Wildman–Crippen MR) is 271 cm³/mol. The average Bonchev–Trinajstić information content (AvgIpc) is 3.49. The lowest BCUT2D eigenvalue weighted by atomic mass is 9.69. The van der Waals surface area contributed by atoms with Crippen LogP contribution in [0.4, 0.5) is 21.0 Å². The van der Waals surface area contributed by atoms with Crippen molar-refractivity contribution in [1.82, 2.24) is 20.7 Å². The number of rotatable bonds is 3. The summed E-state index contributed by atoms with van der Waals surface area (Å²) in [5, 5.41) is 8.41. The van der Waals surface area contributed by atoms with Crippen molar-refractivity contribution in [1.29, 1.82) is 0 Å². The number of carbonyl (C=O) groups excluding carboxylic acids is 4. The minimum absolute atomic E-state index is 0.124. The minimum Gasteiger partial charge on any atom is -0.483 e. The Morgan fingerprint density at radius 2 is 1.10 bits per heavy atom. The number of fused-ring (bicyclic) bond motifs is 6. The lowest BCUT2D eigenvalue weighted by Gasteiger charge is -2.41. The number of nitrogens with one attached hydrogen (secondary N) is 2.